The predicted molar refractivity (Wildman–Crippen MR) is 81.6 cm³/mol. The van der Waals surface area contributed by atoms with Crippen LogP contribution in [0, 0.1) is 0 Å². The molecule has 0 spiro atoms. The number of rotatable bonds is 5. The van der Waals surface area contributed by atoms with Crippen LogP contribution in [0.2, 0.25) is 0 Å². The van der Waals surface area contributed by atoms with Gasteiger partial charge in [-0.25, -0.2) is 4.79 Å². The molecule has 0 saturated carbocycles. The molecule has 102 valence electrons. The number of carbonyl (C=O) groups is 1. The summed E-state index contributed by atoms with van der Waals surface area (Å²) < 4.78 is 6.51. The Hall–Kier alpha value is -2.07. The fourth-order valence-corrected chi connectivity index (χ4v) is 2.15. The van der Waals surface area contributed by atoms with Crippen LogP contribution in [0.5, 0.6) is 5.75 Å². The zero-order valence-electron chi connectivity index (χ0n) is 10.6. The summed E-state index contributed by atoms with van der Waals surface area (Å²) in [7, 11) is 0. The largest absolute Gasteiger partial charge is 0.488 e. The lowest BCUT2D eigenvalue weighted by atomic mass is 10.2. The third-order valence-corrected chi connectivity index (χ3v) is 3.23. The third kappa shape index (κ3) is 4.24. The molecule has 0 aromatic heterocycles. The van der Waals surface area contributed by atoms with Gasteiger partial charge >= 0.3 is 5.97 Å². The van der Waals surface area contributed by atoms with E-state index in [0.717, 1.165) is 27.4 Å². The molecule has 0 aliphatic heterocycles. The summed E-state index contributed by atoms with van der Waals surface area (Å²) in [6.07, 6.45) is 2.64. The molecule has 0 radical (unpaired) electrons. The monoisotopic (exact) mass is 332 g/mol. The maximum Gasteiger partial charge on any atom is 0.328 e. The highest BCUT2D eigenvalue weighted by molar-refractivity contribution is 9.10. The van der Waals surface area contributed by atoms with Crippen molar-refractivity contribution in [2.75, 3.05) is 0 Å². The van der Waals surface area contributed by atoms with Gasteiger partial charge in [-0.2, -0.15) is 0 Å². The molecule has 2 aromatic carbocycles. The Balaban J connectivity index is 2.04. The second-order valence-electron chi connectivity index (χ2n) is 4.14. The van der Waals surface area contributed by atoms with E-state index >= 15 is 0 Å². The van der Waals surface area contributed by atoms with Gasteiger partial charge in [0.05, 0.1) is 4.47 Å². The van der Waals surface area contributed by atoms with E-state index < -0.39 is 5.97 Å². The summed E-state index contributed by atoms with van der Waals surface area (Å²) in [5.74, 6) is -0.244. The van der Waals surface area contributed by atoms with Crippen LogP contribution in [-0.4, -0.2) is 11.1 Å². The fourth-order valence-electron chi connectivity index (χ4n) is 1.64. The smallest absolute Gasteiger partial charge is 0.328 e. The topological polar surface area (TPSA) is 46.5 Å². The predicted octanol–water partition coefficient (Wildman–Crippen LogP) is 4.13. The number of hydrogen-bond acceptors (Lipinski definition) is 2. The molecule has 1 N–H and O–H groups in total. The van der Waals surface area contributed by atoms with Gasteiger partial charge in [0, 0.05) is 6.08 Å². The van der Waals surface area contributed by atoms with Crippen LogP contribution >= 0.6 is 15.9 Å². The first-order valence-electron chi connectivity index (χ1n) is 6.02. The van der Waals surface area contributed by atoms with Crippen molar-refractivity contribution in [2.45, 2.75) is 6.61 Å². The highest BCUT2D eigenvalue weighted by Gasteiger charge is 2.02. The maximum absolute atomic E-state index is 10.5. The Labute approximate surface area is 125 Å². The fraction of sp³-hybridized carbons (Fsp3) is 0.0625. The first-order chi connectivity index (χ1) is 9.65. The molecule has 4 heteroatoms. The number of carboxylic acid groups (broad SMARTS) is 1. The molecule has 2 aromatic rings. The minimum atomic E-state index is -0.967. The van der Waals surface area contributed by atoms with Crippen LogP contribution < -0.4 is 4.74 Å². The van der Waals surface area contributed by atoms with E-state index in [1.54, 1.807) is 0 Å². The lowest BCUT2D eigenvalue weighted by Gasteiger charge is -2.08. The molecule has 3 nitrogen and oxygen atoms in total. The first-order valence-corrected chi connectivity index (χ1v) is 6.82. The Morgan fingerprint density at radius 2 is 1.95 bits per heavy atom. The molecule has 0 heterocycles. The quantitative estimate of drug-likeness (QED) is 0.837. The lowest BCUT2D eigenvalue weighted by Crippen LogP contribution is -1.95. The van der Waals surface area contributed by atoms with E-state index in [2.05, 4.69) is 15.9 Å². The summed E-state index contributed by atoms with van der Waals surface area (Å²) in [4.78, 5) is 10.5. The molecule has 2 rings (SSSR count). The van der Waals surface area contributed by atoms with Crippen molar-refractivity contribution in [1.82, 2.24) is 0 Å². The Bertz CT molecular complexity index is 621. The minimum Gasteiger partial charge on any atom is -0.488 e. The van der Waals surface area contributed by atoms with E-state index in [4.69, 9.17) is 9.84 Å². The minimum absolute atomic E-state index is 0.490. The van der Waals surface area contributed by atoms with Crippen LogP contribution in [0.1, 0.15) is 11.1 Å². The van der Waals surface area contributed by atoms with Crippen molar-refractivity contribution in [3.63, 3.8) is 0 Å². The molecule has 0 saturated heterocycles. The van der Waals surface area contributed by atoms with Crippen molar-refractivity contribution in [1.29, 1.82) is 0 Å². The summed E-state index contributed by atoms with van der Waals surface area (Å²) in [6, 6.07) is 15.3. The Morgan fingerprint density at radius 1 is 1.20 bits per heavy atom. The Kier molecular flexibility index (Phi) is 4.96. The summed E-state index contributed by atoms with van der Waals surface area (Å²) in [5, 5.41) is 8.59. The molecule has 0 unspecified atom stereocenters. The summed E-state index contributed by atoms with van der Waals surface area (Å²) in [5.41, 5.74) is 1.89. The molecule has 0 fully saturated rings. The molecule has 0 aliphatic rings. The molecule has 20 heavy (non-hydrogen) atoms. The average molecular weight is 333 g/mol. The SMILES string of the molecule is O=C(O)/C=C/c1ccc(OCc2ccccc2)c(Br)c1. The van der Waals surface area contributed by atoms with Crippen LogP contribution in [-0.2, 0) is 11.4 Å². The number of aliphatic carboxylic acids is 1. The van der Waals surface area contributed by atoms with E-state index in [1.165, 1.54) is 6.08 Å². The van der Waals surface area contributed by atoms with Crippen molar-refractivity contribution in [3.8, 4) is 5.75 Å². The zero-order chi connectivity index (χ0) is 14.4. The second kappa shape index (κ2) is 6.91. The number of benzene rings is 2. The van der Waals surface area contributed by atoms with Gasteiger partial charge in [0.25, 0.3) is 0 Å². The van der Waals surface area contributed by atoms with Crippen molar-refractivity contribution in [2.24, 2.45) is 0 Å². The van der Waals surface area contributed by atoms with E-state index in [-0.39, 0.29) is 0 Å². The standard InChI is InChI=1S/C16H13BrO3/c17-14-10-12(7-9-16(18)19)6-8-15(14)20-11-13-4-2-1-3-5-13/h1-10H,11H2,(H,18,19)/b9-7+. The van der Waals surface area contributed by atoms with Crippen molar-refractivity contribution in [3.05, 3.63) is 70.2 Å². The van der Waals surface area contributed by atoms with Gasteiger partial charge in [-0.15, -0.1) is 0 Å². The number of halogens is 1. The van der Waals surface area contributed by atoms with E-state index in [9.17, 15) is 4.79 Å². The summed E-state index contributed by atoms with van der Waals surface area (Å²) >= 11 is 3.42. The normalized spacial score (nSPS) is 10.7. The third-order valence-electron chi connectivity index (χ3n) is 2.61. The molecular weight excluding hydrogens is 320 g/mol. The van der Waals surface area contributed by atoms with Crippen LogP contribution in [0.3, 0.4) is 0 Å². The molecule has 0 bridgehead atoms. The van der Waals surface area contributed by atoms with Gasteiger partial charge < -0.3 is 9.84 Å². The zero-order valence-corrected chi connectivity index (χ0v) is 12.2. The van der Waals surface area contributed by atoms with Gasteiger partial charge in [0.1, 0.15) is 12.4 Å². The molecule has 0 amide bonds. The van der Waals surface area contributed by atoms with Crippen molar-refractivity contribution < 1.29 is 14.6 Å². The van der Waals surface area contributed by atoms with Gasteiger partial charge in [-0.1, -0.05) is 36.4 Å². The average Bonchev–Trinajstić information content (AvgIpc) is 2.45. The van der Waals surface area contributed by atoms with Crippen LogP contribution in [0.4, 0.5) is 0 Å². The van der Waals surface area contributed by atoms with Gasteiger partial charge in [0.15, 0.2) is 0 Å². The van der Waals surface area contributed by atoms with E-state index in [1.807, 2.05) is 48.5 Å². The highest BCUT2D eigenvalue weighted by Crippen LogP contribution is 2.27. The lowest BCUT2D eigenvalue weighted by molar-refractivity contribution is -0.131. The summed E-state index contributed by atoms with van der Waals surface area (Å²) in [6.45, 7) is 0.490. The molecule has 0 aliphatic carbocycles. The van der Waals surface area contributed by atoms with Gasteiger partial charge in [0.2, 0.25) is 0 Å². The van der Waals surface area contributed by atoms with Gasteiger partial charge in [-0.05, 0) is 45.3 Å². The number of carboxylic acids is 1. The maximum atomic E-state index is 10.5. The van der Waals surface area contributed by atoms with Crippen LogP contribution in [0.25, 0.3) is 6.08 Å². The first kappa shape index (κ1) is 14.3. The molecular formula is C16H13BrO3. The molecule has 0 atom stereocenters. The van der Waals surface area contributed by atoms with Crippen molar-refractivity contribution >= 4 is 28.0 Å². The highest BCUT2D eigenvalue weighted by atomic mass is 79.9. The van der Waals surface area contributed by atoms with E-state index in [0.29, 0.717) is 6.61 Å². The number of ether oxygens (including phenoxy) is 1. The van der Waals surface area contributed by atoms with Crippen LogP contribution in [0.15, 0.2) is 59.1 Å². The van der Waals surface area contributed by atoms with Gasteiger partial charge in [-0.3, -0.25) is 0 Å². The number of hydrogen-bond donors (Lipinski definition) is 1. The Morgan fingerprint density at radius 3 is 2.60 bits per heavy atom. The second-order valence-corrected chi connectivity index (χ2v) is 4.99.